The summed E-state index contributed by atoms with van der Waals surface area (Å²) in [6, 6.07) is 10.9. The lowest BCUT2D eigenvalue weighted by atomic mass is 9.95. The van der Waals surface area contributed by atoms with Crippen LogP contribution in [0.3, 0.4) is 0 Å². The molecule has 3 rings (SSSR count). The van der Waals surface area contributed by atoms with Crippen molar-refractivity contribution in [3.05, 3.63) is 52.6 Å². The number of carbonyl (C=O) groups is 1. The van der Waals surface area contributed by atoms with E-state index in [0.717, 1.165) is 17.3 Å². The van der Waals surface area contributed by atoms with Crippen molar-refractivity contribution in [1.29, 1.82) is 0 Å². The second-order valence-corrected chi connectivity index (χ2v) is 7.21. The molecule has 26 heavy (non-hydrogen) atoms. The summed E-state index contributed by atoms with van der Waals surface area (Å²) in [6.07, 6.45) is 3.75. The molecule has 1 fully saturated rings. The lowest BCUT2D eigenvalue weighted by Crippen LogP contribution is -2.53. The molecule has 1 aromatic heterocycles. The standard InChI is InChI=1S/C18H20BrN3O2.2ClH/c1-18(11-20,13-6-7-13)22-17(23)12-5-8-16(21-10-12)24-15-4-2-3-14(19)9-15;;/h2-5,8-10,13H,6-7,11,20H2,1H3,(H,22,23);2*1H. The summed E-state index contributed by atoms with van der Waals surface area (Å²) in [4.78, 5) is 16.6. The van der Waals surface area contributed by atoms with Crippen molar-refractivity contribution in [3.8, 4) is 11.6 Å². The molecular formula is C18H22BrCl2N3O2. The van der Waals surface area contributed by atoms with Crippen LogP contribution in [0.2, 0.25) is 0 Å². The Balaban J connectivity index is 0.00000169. The van der Waals surface area contributed by atoms with Gasteiger partial charge in [-0.25, -0.2) is 4.98 Å². The molecule has 1 unspecified atom stereocenters. The molecule has 3 N–H and O–H groups in total. The second kappa shape index (κ2) is 9.55. The first-order valence-electron chi connectivity index (χ1n) is 7.92. The average molecular weight is 463 g/mol. The highest BCUT2D eigenvalue weighted by molar-refractivity contribution is 9.10. The molecule has 2 aromatic rings. The molecule has 8 heteroatoms. The van der Waals surface area contributed by atoms with Crippen LogP contribution in [0.25, 0.3) is 0 Å². The predicted molar refractivity (Wildman–Crippen MR) is 111 cm³/mol. The fourth-order valence-electron chi connectivity index (χ4n) is 2.60. The molecule has 0 saturated heterocycles. The lowest BCUT2D eigenvalue weighted by molar-refractivity contribution is 0.0897. The highest BCUT2D eigenvalue weighted by atomic mass is 79.9. The van der Waals surface area contributed by atoms with Crippen LogP contribution in [0.4, 0.5) is 0 Å². The zero-order chi connectivity index (χ0) is 17.2. The van der Waals surface area contributed by atoms with Crippen molar-refractivity contribution < 1.29 is 9.53 Å². The number of ether oxygens (including phenoxy) is 1. The Kier molecular flexibility index (Phi) is 8.34. The number of aromatic nitrogens is 1. The van der Waals surface area contributed by atoms with Crippen LogP contribution in [0.15, 0.2) is 47.1 Å². The number of nitrogens with zero attached hydrogens (tertiary/aromatic N) is 1. The summed E-state index contributed by atoms with van der Waals surface area (Å²) in [5.74, 6) is 1.43. The zero-order valence-corrected chi connectivity index (χ0v) is 17.5. The number of halogens is 3. The highest BCUT2D eigenvalue weighted by Crippen LogP contribution is 2.39. The monoisotopic (exact) mass is 461 g/mol. The second-order valence-electron chi connectivity index (χ2n) is 6.29. The molecular weight excluding hydrogens is 441 g/mol. The van der Waals surface area contributed by atoms with Crippen LogP contribution < -0.4 is 15.8 Å². The van der Waals surface area contributed by atoms with Crippen molar-refractivity contribution in [3.63, 3.8) is 0 Å². The first kappa shape index (κ1) is 22.7. The van der Waals surface area contributed by atoms with Crippen molar-refractivity contribution >= 4 is 46.7 Å². The molecule has 5 nitrogen and oxygen atoms in total. The van der Waals surface area contributed by atoms with E-state index in [0.29, 0.717) is 29.7 Å². The van der Waals surface area contributed by atoms with E-state index < -0.39 is 0 Å². The summed E-state index contributed by atoms with van der Waals surface area (Å²) in [5, 5.41) is 3.05. The van der Waals surface area contributed by atoms with Gasteiger partial charge in [0.25, 0.3) is 5.91 Å². The number of carbonyl (C=O) groups excluding carboxylic acids is 1. The summed E-state index contributed by atoms with van der Waals surface area (Å²) < 4.78 is 6.60. The number of nitrogens with two attached hydrogens (primary N) is 1. The molecule has 1 aliphatic carbocycles. The van der Waals surface area contributed by atoms with Gasteiger partial charge in [-0.05, 0) is 49.9 Å². The van der Waals surface area contributed by atoms with Gasteiger partial charge in [0.15, 0.2) is 0 Å². The Morgan fingerprint density at radius 2 is 2.08 bits per heavy atom. The van der Waals surface area contributed by atoms with Gasteiger partial charge >= 0.3 is 0 Å². The third kappa shape index (κ3) is 5.58. The van der Waals surface area contributed by atoms with Gasteiger partial charge in [-0.1, -0.05) is 22.0 Å². The van der Waals surface area contributed by atoms with Gasteiger partial charge in [-0.15, -0.1) is 24.8 Å². The third-order valence-electron chi connectivity index (χ3n) is 4.32. The zero-order valence-electron chi connectivity index (χ0n) is 14.3. The van der Waals surface area contributed by atoms with Crippen molar-refractivity contribution in [2.75, 3.05) is 6.54 Å². The van der Waals surface area contributed by atoms with E-state index in [2.05, 4.69) is 26.2 Å². The average Bonchev–Trinajstić information content (AvgIpc) is 3.41. The minimum atomic E-state index is -0.345. The molecule has 142 valence electrons. The number of rotatable bonds is 6. The Morgan fingerprint density at radius 3 is 2.62 bits per heavy atom. The van der Waals surface area contributed by atoms with E-state index in [9.17, 15) is 4.79 Å². The normalized spacial score (nSPS) is 15.0. The molecule has 0 spiro atoms. The SMILES string of the molecule is CC(CN)(NC(=O)c1ccc(Oc2cccc(Br)c2)nc1)C1CC1.Cl.Cl. The van der Waals surface area contributed by atoms with Gasteiger partial charge in [0, 0.05) is 23.3 Å². The Morgan fingerprint density at radius 1 is 1.35 bits per heavy atom. The smallest absolute Gasteiger partial charge is 0.253 e. The lowest BCUT2D eigenvalue weighted by Gasteiger charge is -2.29. The van der Waals surface area contributed by atoms with E-state index >= 15 is 0 Å². The molecule has 1 aliphatic rings. The quantitative estimate of drug-likeness (QED) is 0.669. The minimum Gasteiger partial charge on any atom is -0.439 e. The minimum absolute atomic E-state index is 0. The molecule has 0 radical (unpaired) electrons. The molecule has 0 bridgehead atoms. The number of hydrogen-bond acceptors (Lipinski definition) is 4. The van der Waals surface area contributed by atoms with Gasteiger partial charge in [0.1, 0.15) is 5.75 Å². The molecule has 1 saturated carbocycles. The van der Waals surface area contributed by atoms with Gasteiger partial charge in [-0.2, -0.15) is 0 Å². The van der Waals surface area contributed by atoms with Crippen molar-refractivity contribution in [1.82, 2.24) is 10.3 Å². The molecule has 0 aliphatic heterocycles. The van der Waals surface area contributed by atoms with Gasteiger partial charge in [-0.3, -0.25) is 4.79 Å². The Labute approximate surface area is 174 Å². The maximum Gasteiger partial charge on any atom is 0.253 e. The third-order valence-corrected chi connectivity index (χ3v) is 4.81. The number of hydrogen-bond donors (Lipinski definition) is 2. The van der Waals surface area contributed by atoms with E-state index in [4.69, 9.17) is 10.5 Å². The van der Waals surface area contributed by atoms with E-state index in [1.165, 1.54) is 6.20 Å². The maximum atomic E-state index is 12.4. The summed E-state index contributed by atoms with van der Waals surface area (Å²) in [6.45, 7) is 2.43. The fraction of sp³-hybridized carbons (Fsp3) is 0.333. The van der Waals surface area contributed by atoms with Crippen molar-refractivity contribution in [2.45, 2.75) is 25.3 Å². The molecule has 1 amide bonds. The van der Waals surface area contributed by atoms with Crippen LogP contribution >= 0.6 is 40.7 Å². The largest absolute Gasteiger partial charge is 0.439 e. The first-order chi connectivity index (χ1) is 11.5. The van der Waals surface area contributed by atoms with E-state index in [1.807, 2.05) is 31.2 Å². The molecule has 1 aromatic carbocycles. The van der Waals surface area contributed by atoms with Crippen LogP contribution in [0.1, 0.15) is 30.1 Å². The number of benzene rings is 1. The fourth-order valence-corrected chi connectivity index (χ4v) is 2.98. The van der Waals surface area contributed by atoms with Crippen LogP contribution in [0, 0.1) is 5.92 Å². The summed E-state index contributed by atoms with van der Waals surface area (Å²) in [7, 11) is 0. The van der Waals surface area contributed by atoms with Crippen LogP contribution in [-0.2, 0) is 0 Å². The predicted octanol–water partition coefficient (Wildman–Crippen LogP) is 4.34. The topological polar surface area (TPSA) is 77.2 Å². The number of amides is 1. The first-order valence-corrected chi connectivity index (χ1v) is 8.71. The van der Waals surface area contributed by atoms with Gasteiger partial charge < -0.3 is 15.8 Å². The van der Waals surface area contributed by atoms with E-state index in [-0.39, 0.29) is 36.3 Å². The summed E-state index contributed by atoms with van der Waals surface area (Å²) in [5.41, 5.74) is 5.99. The van der Waals surface area contributed by atoms with E-state index in [1.54, 1.807) is 12.1 Å². The molecule has 1 atom stereocenters. The van der Waals surface area contributed by atoms with Gasteiger partial charge in [0.05, 0.1) is 11.1 Å². The number of pyridine rings is 1. The number of nitrogens with one attached hydrogen (secondary N) is 1. The summed E-state index contributed by atoms with van der Waals surface area (Å²) >= 11 is 3.39. The van der Waals surface area contributed by atoms with Gasteiger partial charge in [0.2, 0.25) is 5.88 Å². The Bertz CT molecular complexity index is 741. The van der Waals surface area contributed by atoms with Crippen molar-refractivity contribution in [2.24, 2.45) is 11.7 Å². The Hall–Kier alpha value is -1.34. The van der Waals surface area contributed by atoms with Crippen LogP contribution in [0.5, 0.6) is 11.6 Å². The highest BCUT2D eigenvalue weighted by Gasteiger charge is 2.41. The maximum absolute atomic E-state index is 12.4. The van der Waals surface area contributed by atoms with Crippen LogP contribution in [-0.4, -0.2) is 23.0 Å². The molecule has 1 heterocycles.